The molecule has 0 saturated carbocycles. The fourth-order valence-electron chi connectivity index (χ4n) is 2.60. The molecule has 0 saturated heterocycles. The predicted molar refractivity (Wildman–Crippen MR) is 101 cm³/mol. The van der Waals surface area contributed by atoms with Crippen LogP contribution in [0, 0.1) is 13.8 Å². The number of aryl methyl sites for hydroxylation is 2. The van der Waals surface area contributed by atoms with Gasteiger partial charge < -0.3 is 10.2 Å². The van der Waals surface area contributed by atoms with Crippen molar-refractivity contribution in [2.24, 2.45) is 0 Å². The largest absolute Gasteiger partial charge is 0.507 e. The molecule has 0 aliphatic rings. The van der Waals surface area contributed by atoms with E-state index < -0.39 is 5.97 Å². The Morgan fingerprint density at radius 3 is 2.32 bits per heavy atom. The molecule has 0 unspecified atom stereocenters. The third-order valence-corrected chi connectivity index (χ3v) is 4.83. The summed E-state index contributed by atoms with van der Waals surface area (Å²) in [6.07, 6.45) is 3.67. The summed E-state index contributed by atoms with van der Waals surface area (Å²) in [5, 5.41) is 19.9. The maximum Gasteiger partial charge on any atom is 0.348 e. The zero-order chi connectivity index (χ0) is 18.0. The molecule has 5 heteroatoms. The minimum Gasteiger partial charge on any atom is -0.507 e. The molecule has 3 aromatic rings. The Labute approximate surface area is 149 Å². The average molecular weight is 351 g/mol. The molecule has 2 aromatic carbocycles. The van der Waals surface area contributed by atoms with Gasteiger partial charge in [-0.25, -0.2) is 9.78 Å². The molecule has 0 spiro atoms. The second-order valence-corrected chi connectivity index (χ2v) is 6.77. The van der Waals surface area contributed by atoms with E-state index in [-0.39, 0.29) is 4.88 Å². The first-order valence-electron chi connectivity index (χ1n) is 7.73. The lowest BCUT2D eigenvalue weighted by molar-refractivity contribution is 0.0702. The number of rotatable bonds is 4. The maximum atomic E-state index is 11.5. The summed E-state index contributed by atoms with van der Waals surface area (Å²) in [4.78, 5) is 16.2. The van der Waals surface area contributed by atoms with Gasteiger partial charge >= 0.3 is 5.97 Å². The van der Waals surface area contributed by atoms with Gasteiger partial charge in [0.2, 0.25) is 0 Å². The number of hydrogen-bond acceptors (Lipinski definition) is 4. The van der Waals surface area contributed by atoms with Crippen molar-refractivity contribution in [3.05, 3.63) is 69.0 Å². The number of hydrogen-bond donors (Lipinski definition) is 2. The molecule has 126 valence electrons. The summed E-state index contributed by atoms with van der Waals surface area (Å²) in [5.74, 6) is -0.682. The minimum absolute atomic E-state index is 0.226. The van der Waals surface area contributed by atoms with Gasteiger partial charge in [0.05, 0.1) is 5.69 Å². The quantitative estimate of drug-likeness (QED) is 0.694. The van der Waals surface area contributed by atoms with E-state index >= 15 is 0 Å². The predicted octanol–water partition coefficient (Wildman–Crippen LogP) is 5.00. The summed E-state index contributed by atoms with van der Waals surface area (Å²) < 4.78 is 0. The lowest BCUT2D eigenvalue weighted by atomic mass is 10.1. The Morgan fingerprint density at radius 1 is 1.08 bits per heavy atom. The molecule has 4 nitrogen and oxygen atoms in total. The van der Waals surface area contributed by atoms with Crippen LogP contribution in [0.1, 0.15) is 31.4 Å². The lowest BCUT2D eigenvalue weighted by Crippen LogP contribution is -1.95. The molecule has 0 aliphatic heterocycles. The van der Waals surface area contributed by atoms with E-state index in [0.717, 1.165) is 33.6 Å². The molecular formula is C20H17NO3S. The zero-order valence-corrected chi connectivity index (χ0v) is 14.7. The number of carbonyl (C=O) groups is 1. The number of aromatic carboxylic acids is 1. The van der Waals surface area contributed by atoms with E-state index in [1.165, 1.54) is 0 Å². The molecule has 1 heterocycles. The zero-order valence-electron chi connectivity index (χ0n) is 13.9. The molecule has 3 rings (SSSR count). The van der Waals surface area contributed by atoms with Crippen molar-refractivity contribution >= 4 is 29.5 Å². The third kappa shape index (κ3) is 3.61. The molecule has 0 aliphatic carbocycles. The van der Waals surface area contributed by atoms with Crippen LogP contribution in [0.5, 0.6) is 5.75 Å². The monoisotopic (exact) mass is 351 g/mol. The van der Waals surface area contributed by atoms with E-state index in [2.05, 4.69) is 4.98 Å². The molecule has 0 fully saturated rings. The lowest BCUT2D eigenvalue weighted by Gasteiger charge is -2.04. The molecule has 0 amide bonds. The van der Waals surface area contributed by atoms with Crippen LogP contribution in [0.25, 0.3) is 23.4 Å². The van der Waals surface area contributed by atoms with Crippen LogP contribution in [0.3, 0.4) is 0 Å². The van der Waals surface area contributed by atoms with Gasteiger partial charge in [0.1, 0.15) is 15.6 Å². The number of thiazole rings is 1. The maximum absolute atomic E-state index is 11.5. The normalized spacial score (nSPS) is 11.1. The van der Waals surface area contributed by atoms with Gasteiger partial charge in [-0.05, 0) is 48.7 Å². The molecule has 25 heavy (non-hydrogen) atoms. The van der Waals surface area contributed by atoms with E-state index in [1.54, 1.807) is 6.08 Å². The van der Waals surface area contributed by atoms with Crippen LogP contribution in [0.15, 0.2) is 42.5 Å². The number of phenolic OH excluding ortho intramolecular Hbond substituents is 1. The Kier molecular flexibility index (Phi) is 4.67. The van der Waals surface area contributed by atoms with Gasteiger partial charge in [-0.3, -0.25) is 0 Å². The van der Waals surface area contributed by atoms with E-state index in [4.69, 9.17) is 0 Å². The van der Waals surface area contributed by atoms with Crippen molar-refractivity contribution in [3.63, 3.8) is 0 Å². The Morgan fingerprint density at radius 2 is 1.72 bits per heavy atom. The van der Waals surface area contributed by atoms with Crippen molar-refractivity contribution in [3.8, 4) is 17.0 Å². The van der Waals surface area contributed by atoms with Crippen LogP contribution in [0.4, 0.5) is 0 Å². The third-order valence-electron chi connectivity index (χ3n) is 3.82. The summed E-state index contributed by atoms with van der Waals surface area (Å²) >= 11 is 1.15. The number of carboxylic acids is 1. The Bertz CT molecular complexity index is 935. The van der Waals surface area contributed by atoms with E-state index in [0.29, 0.717) is 16.5 Å². The summed E-state index contributed by atoms with van der Waals surface area (Å²) in [6, 6.07) is 13.1. The SMILES string of the molecule is Cc1cc(/C=C/c2nc(-c3ccccc3)c(C(=O)O)s2)cc(C)c1O. The van der Waals surface area contributed by atoms with Gasteiger partial charge in [0.15, 0.2) is 0 Å². The van der Waals surface area contributed by atoms with Gasteiger partial charge in [-0.2, -0.15) is 0 Å². The summed E-state index contributed by atoms with van der Waals surface area (Å²) in [5.41, 5.74) is 3.80. The Balaban J connectivity index is 1.97. The minimum atomic E-state index is -0.979. The Hall–Kier alpha value is -2.92. The van der Waals surface area contributed by atoms with Crippen molar-refractivity contribution in [2.75, 3.05) is 0 Å². The highest BCUT2D eigenvalue weighted by molar-refractivity contribution is 7.15. The van der Waals surface area contributed by atoms with Crippen molar-refractivity contribution in [1.29, 1.82) is 0 Å². The number of aromatic nitrogens is 1. The van der Waals surface area contributed by atoms with Crippen LogP contribution in [-0.4, -0.2) is 21.2 Å². The molecular weight excluding hydrogens is 334 g/mol. The van der Waals surface area contributed by atoms with Crippen LogP contribution >= 0.6 is 11.3 Å². The highest BCUT2D eigenvalue weighted by Gasteiger charge is 2.17. The van der Waals surface area contributed by atoms with E-state index in [1.807, 2.05) is 62.4 Å². The number of nitrogens with zero attached hydrogens (tertiary/aromatic N) is 1. The number of carboxylic acid groups (broad SMARTS) is 1. The number of aromatic hydroxyl groups is 1. The molecule has 1 aromatic heterocycles. The van der Waals surface area contributed by atoms with Crippen molar-refractivity contribution in [2.45, 2.75) is 13.8 Å². The fraction of sp³-hybridized carbons (Fsp3) is 0.100. The van der Waals surface area contributed by atoms with E-state index in [9.17, 15) is 15.0 Å². The highest BCUT2D eigenvalue weighted by atomic mass is 32.1. The van der Waals surface area contributed by atoms with Crippen LogP contribution in [0.2, 0.25) is 0 Å². The van der Waals surface area contributed by atoms with Gasteiger partial charge in [-0.15, -0.1) is 11.3 Å². The van der Waals surface area contributed by atoms with Gasteiger partial charge in [0, 0.05) is 5.56 Å². The second-order valence-electron chi connectivity index (χ2n) is 5.74. The topological polar surface area (TPSA) is 70.4 Å². The standard InChI is InChI=1S/C20H17NO3S/c1-12-10-14(11-13(2)18(12)22)8-9-16-21-17(19(25-16)20(23)24)15-6-4-3-5-7-15/h3-11,22H,1-2H3,(H,23,24)/b9-8+. The summed E-state index contributed by atoms with van der Waals surface area (Å²) in [7, 11) is 0. The molecule has 2 N–H and O–H groups in total. The van der Waals surface area contributed by atoms with Crippen molar-refractivity contribution in [1.82, 2.24) is 4.98 Å². The molecule has 0 bridgehead atoms. The summed E-state index contributed by atoms with van der Waals surface area (Å²) in [6.45, 7) is 3.69. The number of phenols is 1. The second kappa shape index (κ2) is 6.91. The smallest absolute Gasteiger partial charge is 0.348 e. The molecule has 0 atom stereocenters. The first kappa shape index (κ1) is 16.9. The fourth-order valence-corrected chi connectivity index (χ4v) is 3.43. The van der Waals surface area contributed by atoms with Crippen molar-refractivity contribution < 1.29 is 15.0 Å². The molecule has 0 radical (unpaired) electrons. The van der Waals surface area contributed by atoms with Crippen LogP contribution < -0.4 is 0 Å². The first-order valence-corrected chi connectivity index (χ1v) is 8.55. The average Bonchev–Trinajstić information content (AvgIpc) is 3.03. The highest BCUT2D eigenvalue weighted by Crippen LogP contribution is 2.30. The number of benzene rings is 2. The first-order chi connectivity index (χ1) is 12.0. The van der Waals surface area contributed by atoms with Gasteiger partial charge in [-0.1, -0.05) is 36.4 Å². The van der Waals surface area contributed by atoms with Gasteiger partial charge in [0.25, 0.3) is 0 Å². The van der Waals surface area contributed by atoms with Crippen LogP contribution in [-0.2, 0) is 0 Å².